The number of hydrogen-bond acceptors (Lipinski definition) is 7. The molecule has 4 rings (SSSR count). The third-order valence-corrected chi connectivity index (χ3v) is 6.39. The first kappa shape index (κ1) is 19.1. The van der Waals surface area contributed by atoms with Gasteiger partial charge in [-0.2, -0.15) is 0 Å². The molecule has 28 heavy (non-hydrogen) atoms. The summed E-state index contributed by atoms with van der Waals surface area (Å²) in [7, 11) is 0. The molecule has 3 heterocycles. The zero-order chi connectivity index (χ0) is 19.2. The van der Waals surface area contributed by atoms with Crippen molar-refractivity contribution in [1.82, 2.24) is 25.5 Å². The van der Waals surface area contributed by atoms with E-state index in [9.17, 15) is 4.79 Å². The van der Waals surface area contributed by atoms with Crippen LogP contribution in [0.15, 0.2) is 53.0 Å². The molecule has 0 bridgehead atoms. The molecular formula is C19H21N5O2S2. The molecule has 1 saturated heterocycles. The average Bonchev–Trinajstić information content (AvgIpc) is 3.49. The monoisotopic (exact) mass is 415 g/mol. The summed E-state index contributed by atoms with van der Waals surface area (Å²) in [5.74, 6) is 0.194. The van der Waals surface area contributed by atoms with Gasteiger partial charge in [-0.1, -0.05) is 48.2 Å². The predicted molar refractivity (Wildman–Crippen MR) is 108 cm³/mol. The number of aromatic nitrogens is 4. The van der Waals surface area contributed by atoms with Crippen LogP contribution in [0.2, 0.25) is 0 Å². The Balaban J connectivity index is 1.38. The third-order valence-electron chi connectivity index (χ3n) is 4.50. The van der Waals surface area contributed by atoms with Gasteiger partial charge in [-0.05, 0) is 40.3 Å². The number of hydrogen-bond donors (Lipinski definition) is 1. The number of nitrogens with zero attached hydrogens (tertiary/aromatic N) is 4. The first-order chi connectivity index (χ1) is 13.8. The quantitative estimate of drug-likeness (QED) is 0.570. The van der Waals surface area contributed by atoms with Crippen LogP contribution >= 0.6 is 23.1 Å². The predicted octanol–water partition coefficient (Wildman–Crippen LogP) is 2.91. The molecule has 0 spiro atoms. The number of thiophene rings is 1. The Morgan fingerprint density at radius 2 is 2.21 bits per heavy atom. The normalized spacial score (nSPS) is 17.5. The number of rotatable bonds is 8. The Bertz CT molecular complexity index is 879. The van der Waals surface area contributed by atoms with Gasteiger partial charge in [-0.25, -0.2) is 4.68 Å². The highest BCUT2D eigenvalue weighted by atomic mass is 32.2. The average molecular weight is 416 g/mol. The molecule has 0 aliphatic carbocycles. The Morgan fingerprint density at radius 3 is 2.96 bits per heavy atom. The summed E-state index contributed by atoms with van der Waals surface area (Å²) in [5, 5.41) is 17.6. The fourth-order valence-electron chi connectivity index (χ4n) is 3.15. The highest BCUT2D eigenvalue weighted by molar-refractivity contribution is 7.99. The minimum atomic E-state index is -0.155. The molecule has 146 valence electrons. The summed E-state index contributed by atoms with van der Waals surface area (Å²) in [5.41, 5.74) is 1.06. The molecule has 2 atom stereocenters. The third kappa shape index (κ3) is 4.78. The molecule has 1 aromatic carbocycles. The lowest BCUT2D eigenvalue weighted by Crippen LogP contribution is -2.30. The summed E-state index contributed by atoms with van der Waals surface area (Å²) in [6, 6.07) is 13.9. The van der Waals surface area contributed by atoms with E-state index in [2.05, 4.69) is 20.8 Å². The zero-order valence-electron chi connectivity index (χ0n) is 15.2. The standard InChI is InChI=1S/C19H21N5O2S2/c25-17(13-28-19-21-22-23-24(19)12-15-8-4-10-26-15)20-18(16-9-5-11-27-16)14-6-2-1-3-7-14/h1-3,5-7,9,11,15,18H,4,8,10,12-13H2,(H,20,25)/t15-,18+/m0/s1. The molecule has 2 aromatic heterocycles. The van der Waals surface area contributed by atoms with Crippen molar-refractivity contribution in [3.05, 3.63) is 58.3 Å². The zero-order valence-corrected chi connectivity index (χ0v) is 16.9. The number of carbonyl (C=O) groups excluding carboxylic acids is 1. The molecule has 1 aliphatic rings. The van der Waals surface area contributed by atoms with E-state index in [4.69, 9.17) is 4.74 Å². The number of carbonyl (C=O) groups is 1. The second kappa shape index (κ2) is 9.31. The molecular weight excluding hydrogens is 394 g/mol. The molecule has 1 fully saturated rings. The minimum absolute atomic E-state index is 0.0566. The van der Waals surface area contributed by atoms with E-state index in [0.29, 0.717) is 11.7 Å². The van der Waals surface area contributed by atoms with Crippen LogP contribution in [-0.4, -0.2) is 44.6 Å². The summed E-state index contributed by atoms with van der Waals surface area (Å²) < 4.78 is 7.37. The molecule has 9 heteroatoms. The largest absolute Gasteiger partial charge is 0.376 e. The van der Waals surface area contributed by atoms with Gasteiger partial charge in [0.15, 0.2) is 0 Å². The Morgan fingerprint density at radius 1 is 1.32 bits per heavy atom. The maximum atomic E-state index is 12.6. The van der Waals surface area contributed by atoms with Gasteiger partial charge in [0.25, 0.3) is 0 Å². The fourth-order valence-corrected chi connectivity index (χ4v) is 4.65. The van der Waals surface area contributed by atoms with E-state index < -0.39 is 0 Å². The minimum Gasteiger partial charge on any atom is -0.376 e. The van der Waals surface area contributed by atoms with Gasteiger partial charge in [0, 0.05) is 11.5 Å². The Hall–Kier alpha value is -2.23. The van der Waals surface area contributed by atoms with Crippen molar-refractivity contribution >= 4 is 29.0 Å². The van der Waals surface area contributed by atoms with Crippen molar-refractivity contribution in [2.75, 3.05) is 12.4 Å². The molecule has 0 radical (unpaired) electrons. The topological polar surface area (TPSA) is 81.9 Å². The number of thioether (sulfide) groups is 1. The number of nitrogens with one attached hydrogen (secondary N) is 1. The van der Waals surface area contributed by atoms with Gasteiger partial charge in [0.2, 0.25) is 11.1 Å². The van der Waals surface area contributed by atoms with Crippen molar-refractivity contribution < 1.29 is 9.53 Å². The molecule has 1 aliphatic heterocycles. The fraction of sp³-hybridized carbons (Fsp3) is 0.368. The van der Waals surface area contributed by atoms with E-state index in [1.54, 1.807) is 16.0 Å². The highest BCUT2D eigenvalue weighted by Gasteiger charge is 2.21. The maximum Gasteiger partial charge on any atom is 0.231 e. The van der Waals surface area contributed by atoms with Crippen molar-refractivity contribution in [2.45, 2.75) is 36.7 Å². The summed E-state index contributed by atoms with van der Waals surface area (Å²) >= 11 is 2.97. The van der Waals surface area contributed by atoms with E-state index in [0.717, 1.165) is 29.9 Å². The van der Waals surface area contributed by atoms with Crippen LogP contribution in [0.25, 0.3) is 0 Å². The number of amides is 1. The summed E-state index contributed by atoms with van der Waals surface area (Å²) in [6.07, 6.45) is 2.24. The van der Waals surface area contributed by atoms with Crippen LogP contribution in [0.3, 0.4) is 0 Å². The Kier molecular flexibility index (Phi) is 6.35. The lowest BCUT2D eigenvalue weighted by Gasteiger charge is -2.18. The summed E-state index contributed by atoms with van der Waals surface area (Å²) in [4.78, 5) is 13.7. The SMILES string of the molecule is O=C(CSc1nnnn1C[C@@H]1CCCO1)N[C@H](c1ccccc1)c1cccs1. The van der Waals surface area contributed by atoms with Gasteiger partial charge >= 0.3 is 0 Å². The van der Waals surface area contributed by atoms with Crippen molar-refractivity contribution in [1.29, 1.82) is 0 Å². The summed E-state index contributed by atoms with van der Waals surface area (Å²) in [6.45, 7) is 1.42. The second-order valence-corrected chi connectivity index (χ2v) is 8.42. The molecule has 1 N–H and O–H groups in total. The lowest BCUT2D eigenvalue weighted by atomic mass is 10.1. The number of tetrazole rings is 1. The molecule has 7 nitrogen and oxygen atoms in total. The van der Waals surface area contributed by atoms with Crippen molar-refractivity contribution in [3.8, 4) is 0 Å². The highest BCUT2D eigenvalue weighted by Crippen LogP contribution is 2.26. The van der Waals surface area contributed by atoms with Crippen LogP contribution in [-0.2, 0) is 16.1 Å². The van der Waals surface area contributed by atoms with Gasteiger partial charge in [-0.3, -0.25) is 4.79 Å². The molecule has 1 amide bonds. The van der Waals surface area contributed by atoms with E-state index in [1.165, 1.54) is 11.8 Å². The van der Waals surface area contributed by atoms with Crippen LogP contribution in [0.1, 0.15) is 29.3 Å². The first-order valence-corrected chi connectivity index (χ1v) is 11.0. The van der Waals surface area contributed by atoms with Crippen molar-refractivity contribution in [2.24, 2.45) is 0 Å². The van der Waals surface area contributed by atoms with Crippen LogP contribution in [0.5, 0.6) is 0 Å². The number of benzene rings is 1. The van der Waals surface area contributed by atoms with E-state index in [-0.39, 0.29) is 23.8 Å². The van der Waals surface area contributed by atoms with Crippen LogP contribution in [0.4, 0.5) is 0 Å². The van der Waals surface area contributed by atoms with Gasteiger partial charge in [0.05, 0.1) is 24.4 Å². The maximum absolute atomic E-state index is 12.6. The van der Waals surface area contributed by atoms with Crippen molar-refractivity contribution in [3.63, 3.8) is 0 Å². The van der Waals surface area contributed by atoms with Crippen LogP contribution in [0, 0.1) is 0 Å². The van der Waals surface area contributed by atoms with Gasteiger partial charge in [0.1, 0.15) is 0 Å². The smallest absolute Gasteiger partial charge is 0.231 e. The Labute approximate surface area is 171 Å². The molecule has 0 unspecified atom stereocenters. The first-order valence-electron chi connectivity index (χ1n) is 9.18. The second-order valence-electron chi connectivity index (χ2n) is 6.49. The number of ether oxygens (including phenoxy) is 1. The van der Waals surface area contributed by atoms with Crippen LogP contribution < -0.4 is 5.32 Å². The lowest BCUT2D eigenvalue weighted by molar-refractivity contribution is -0.119. The van der Waals surface area contributed by atoms with Gasteiger partial charge < -0.3 is 10.1 Å². The van der Waals surface area contributed by atoms with E-state index in [1.807, 2.05) is 47.8 Å². The van der Waals surface area contributed by atoms with E-state index >= 15 is 0 Å². The molecule has 0 saturated carbocycles. The molecule has 3 aromatic rings. The van der Waals surface area contributed by atoms with Gasteiger partial charge in [-0.15, -0.1) is 16.4 Å².